The Labute approximate surface area is 156 Å². The minimum atomic E-state index is 0.0542. The molecule has 2 aromatic rings. The number of carbonyl (C=O) groups is 1. The fraction of sp³-hybridized carbons (Fsp3) is 0.409. The number of nitrogens with zero attached hydrogens (tertiary/aromatic N) is 1. The van der Waals surface area contributed by atoms with Crippen molar-refractivity contribution in [3.63, 3.8) is 0 Å². The van der Waals surface area contributed by atoms with Gasteiger partial charge in [0, 0.05) is 18.3 Å². The van der Waals surface area contributed by atoms with E-state index in [2.05, 4.69) is 42.3 Å². The average Bonchev–Trinajstić information content (AvgIpc) is 3.47. The molecule has 1 N–H and O–H groups in total. The van der Waals surface area contributed by atoms with Crippen LogP contribution in [0.1, 0.15) is 43.7 Å². The van der Waals surface area contributed by atoms with Gasteiger partial charge in [-0.1, -0.05) is 44.2 Å². The summed E-state index contributed by atoms with van der Waals surface area (Å²) in [5.41, 5.74) is 3.30. The van der Waals surface area contributed by atoms with Gasteiger partial charge in [0.15, 0.2) is 0 Å². The second-order valence-corrected chi connectivity index (χ2v) is 7.27. The quantitative estimate of drug-likeness (QED) is 0.764. The van der Waals surface area contributed by atoms with Crippen LogP contribution in [0.4, 0.5) is 5.69 Å². The van der Waals surface area contributed by atoms with Gasteiger partial charge in [0.05, 0.1) is 13.7 Å². The number of carbonyl (C=O) groups excluding carboxylic acids is 1. The zero-order valence-corrected chi connectivity index (χ0v) is 15.9. The molecule has 0 bridgehead atoms. The lowest BCUT2D eigenvalue weighted by Gasteiger charge is -2.22. The third kappa shape index (κ3) is 4.85. The zero-order chi connectivity index (χ0) is 18.5. The van der Waals surface area contributed by atoms with Crippen LogP contribution in [0.15, 0.2) is 48.5 Å². The van der Waals surface area contributed by atoms with Gasteiger partial charge in [-0.05, 0) is 48.1 Å². The number of benzene rings is 2. The van der Waals surface area contributed by atoms with Crippen LogP contribution in [0.5, 0.6) is 5.75 Å². The van der Waals surface area contributed by atoms with Crippen molar-refractivity contribution in [1.29, 1.82) is 0 Å². The molecule has 1 aliphatic rings. The Kier molecular flexibility index (Phi) is 5.94. The van der Waals surface area contributed by atoms with Gasteiger partial charge in [-0.2, -0.15) is 0 Å². The average molecular weight is 352 g/mol. The highest BCUT2D eigenvalue weighted by Gasteiger charge is 2.30. The molecule has 1 amide bonds. The molecule has 3 rings (SSSR count). The summed E-state index contributed by atoms with van der Waals surface area (Å²) in [6.07, 6.45) is 2.35. The highest BCUT2D eigenvalue weighted by Crippen LogP contribution is 2.29. The Bertz CT molecular complexity index is 736. The maximum atomic E-state index is 12.6. The van der Waals surface area contributed by atoms with Gasteiger partial charge >= 0.3 is 0 Å². The third-order valence-corrected chi connectivity index (χ3v) is 4.81. The van der Waals surface area contributed by atoms with Crippen LogP contribution >= 0.6 is 0 Å². The standard InChI is InChI=1S/C22H28N2O2/c1-16(2)20-6-4-5-7-21(20)23-22(25)15-24(18-10-11-18)14-17-8-12-19(26-3)13-9-17/h4-9,12-13,16,18H,10-11,14-15H2,1-3H3,(H,23,25). The molecule has 0 atom stereocenters. The first kappa shape index (κ1) is 18.5. The van der Waals surface area contributed by atoms with E-state index in [0.717, 1.165) is 18.0 Å². The van der Waals surface area contributed by atoms with Crippen molar-refractivity contribution in [3.05, 3.63) is 59.7 Å². The second-order valence-electron chi connectivity index (χ2n) is 7.27. The molecule has 1 saturated carbocycles. The van der Waals surface area contributed by atoms with Crippen LogP contribution in [0, 0.1) is 0 Å². The first-order valence-electron chi connectivity index (χ1n) is 9.32. The summed E-state index contributed by atoms with van der Waals surface area (Å²) < 4.78 is 5.22. The molecular formula is C22H28N2O2. The maximum Gasteiger partial charge on any atom is 0.238 e. The summed E-state index contributed by atoms with van der Waals surface area (Å²) in [5.74, 6) is 1.29. The molecule has 0 spiro atoms. The highest BCUT2D eigenvalue weighted by atomic mass is 16.5. The van der Waals surface area contributed by atoms with E-state index in [1.54, 1.807) is 7.11 Å². The molecule has 1 fully saturated rings. The molecule has 1 aliphatic carbocycles. The van der Waals surface area contributed by atoms with Crippen molar-refractivity contribution < 1.29 is 9.53 Å². The normalized spacial score (nSPS) is 13.9. The zero-order valence-electron chi connectivity index (χ0n) is 15.9. The van der Waals surface area contributed by atoms with Crippen molar-refractivity contribution in [2.75, 3.05) is 19.0 Å². The Morgan fingerprint density at radius 2 is 1.85 bits per heavy atom. The van der Waals surface area contributed by atoms with Crippen molar-refractivity contribution in [2.45, 2.75) is 45.2 Å². The smallest absolute Gasteiger partial charge is 0.238 e. The van der Waals surface area contributed by atoms with Gasteiger partial charge in [-0.3, -0.25) is 9.69 Å². The van der Waals surface area contributed by atoms with E-state index >= 15 is 0 Å². The summed E-state index contributed by atoms with van der Waals surface area (Å²) in [4.78, 5) is 14.9. The van der Waals surface area contributed by atoms with Gasteiger partial charge in [-0.25, -0.2) is 0 Å². The van der Waals surface area contributed by atoms with Crippen LogP contribution < -0.4 is 10.1 Å². The third-order valence-electron chi connectivity index (χ3n) is 4.81. The lowest BCUT2D eigenvalue weighted by atomic mass is 10.0. The molecule has 0 heterocycles. The fourth-order valence-electron chi connectivity index (χ4n) is 3.21. The van der Waals surface area contributed by atoms with Gasteiger partial charge in [-0.15, -0.1) is 0 Å². The molecule has 0 aliphatic heterocycles. The van der Waals surface area contributed by atoms with Crippen LogP contribution in [-0.2, 0) is 11.3 Å². The Balaban J connectivity index is 1.63. The van der Waals surface area contributed by atoms with E-state index in [1.165, 1.54) is 24.0 Å². The summed E-state index contributed by atoms with van der Waals surface area (Å²) in [6.45, 7) is 5.49. The van der Waals surface area contributed by atoms with Gasteiger partial charge in [0.2, 0.25) is 5.91 Å². The predicted molar refractivity (Wildman–Crippen MR) is 106 cm³/mol. The lowest BCUT2D eigenvalue weighted by molar-refractivity contribution is -0.117. The number of para-hydroxylation sites is 1. The number of hydrogen-bond donors (Lipinski definition) is 1. The summed E-state index contributed by atoms with van der Waals surface area (Å²) in [7, 11) is 1.67. The highest BCUT2D eigenvalue weighted by molar-refractivity contribution is 5.93. The Morgan fingerprint density at radius 1 is 1.15 bits per heavy atom. The van der Waals surface area contributed by atoms with Crippen molar-refractivity contribution in [1.82, 2.24) is 4.90 Å². The predicted octanol–water partition coefficient (Wildman–Crippen LogP) is 4.42. The largest absolute Gasteiger partial charge is 0.497 e. The fourth-order valence-corrected chi connectivity index (χ4v) is 3.21. The molecule has 138 valence electrons. The number of rotatable bonds is 8. The monoisotopic (exact) mass is 352 g/mol. The van der Waals surface area contributed by atoms with Gasteiger partial charge in [0.1, 0.15) is 5.75 Å². The van der Waals surface area contributed by atoms with Crippen molar-refractivity contribution in [2.24, 2.45) is 0 Å². The van der Waals surface area contributed by atoms with E-state index in [1.807, 2.05) is 30.3 Å². The molecule has 4 heteroatoms. The molecule has 0 radical (unpaired) electrons. The molecule has 26 heavy (non-hydrogen) atoms. The number of nitrogens with one attached hydrogen (secondary N) is 1. The van der Waals surface area contributed by atoms with Crippen LogP contribution in [-0.4, -0.2) is 30.5 Å². The molecule has 0 unspecified atom stereocenters. The summed E-state index contributed by atoms with van der Waals surface area (Å²) >= 11 is 0. The first-order valence-corrected chi connectivity index (χ1v) is 9.32. The van der Waals surface area contributed by atoms with Gasteiger partial charge in [0.25, 0.3) is 0 Å². The number of methoxy groups -OCH3 is 1. The van der Waals surface area contributed by atoms with Crippen LogP contribution in [0.2, 0.25) is 0 Å². The van der Waals surface area contributed by atoms with Gasteiger partial charge < -0.3 is 10.1 Å². The summed E-state index contributed by atoms with van der Waals surface area (Å²) in [6, 6.07) is 16.7. The van der Waals surface area contributed by atoms with E-state index in [9.17, 15) is 4.79 Å². The minimum Gasteiger partial charge on any atom is -0.497 e. The topological polar surface area (TPSA) is 41.6 Å². The maximum absolute atomic E-state index is 12.6. The summed E-state index contributed by atoms with van der Waals surface area (Å²) in [5, 5.41) is 3.11. The Hall–Kier alpha value is -2.33. The number of ether oxygens (including phenoxy) is 1. The van der Waals surface area contributed by atoms with E-state index < -0.39 is 0 Å². The van der Waals surface area contributed by atoms with Crippen molar-refractivity contribution in [3.8, 4) is 5.75 Å². The number of anilines is 1. The Morgan fingerprint density at radius 3 is 2.46 bits per heavy atom. The van der Waals surface area contributed by atoms with E-state index in [0.29, 0.717) is 18.5 Å². The minimum absolute atomic E-state index is 0.0542. The SMILES string of the molecule is COc1ccc(CN(CC(=O)Nc2ccccc2C(C)C)C2CC2)cc1. The number of hydrogen-bond acceptors (Lipinski definition) is 3. The molecule has 0 saturated heterocycles. The van der Waals surface area contributed by atoms with Crippen LogP contribution in [0.25, 0.3) is 0 Å². The molecule has 2 aromatic carbocycles. The van der Waals surface area contributed by atoms with Crippen LogP contribution in [0.3, 0.4) is 0 Å². The lowest BCUT2D eigenvalue weighted by Crippen LogP contribution is -2.34. The number of amides is 1. The van der Waals surface area contributed by atoms with E-state index in [-0.39, 0.29) is 5.91 Å². The molecule has 0 aromatic heterocycles. The molecular weight excluding hydrogens is 324 g/mol. The second kappa shape index (κ2) is 8.37. The first-order chi connectivity index (χ1) is 12.6. The molecule has 4 nitrogen and oxygen atoms in total. The van der Waals surface area contributed by atoms with E-state index in [4.69, 9.17) is 4.74 Å². The van der Waals surface area contributed by atoms with Crippen molar-refractivity contribution >= 4 is 11.6 Å².